The van der Waals surface area contributed by atoms with Gasteiger partial charge in [-0.3, -0.25) is 4.79 Å². The molecule has 0 radical (unpaired) electrons. The third kappa shape index (κ3) is 3.63. The summed E-state index contributed by atoms with van der Waals surface area (Å²) < 4.78 is 39.9. The summed E-state index contributed by atoms with van der Waals surface area (Å²) in [6, 6.07) is 17.7. The highest BCUT2D eigenvalue weighted by atomic mass is 19.1. The lowest BCUT2D eigenvalue weighted by Gasteiger charge is -2.01. The fourth-order valence-electron chi connectivity index (χ4n) is 3.94. The number of fused-ring (bicyclic) bond motifs is 2. The molecule has 2 aromatic heterocycles. The summed E-state index contributed by atoms with van der Waals surface area (Å²) in [4.78, 5) is 21.8. The lowest BCUT2D eigenvalue weighted by Crippen LogP contribution is -2.00. The second kappa shape index (κ2) is 8.02. The van der Waals surface area contributed by atoms with Crippen molar-refractivity contribution >= 4 is 39.4 Å². The van der Waals surface area contributed by atoms with Crippen molar-refractivity contribution in [3.8, 4) is 22.9 Å². The van der Waals surface area contributed by atoms with E-state index in [1.54, 1.807) is 24.3 Å². The molecule has 9 heteroatoms. The first-order valence-corrected chi connectivity index (χ1v) is 10.8. The molecule has 0 fully saturated rings. The highest BCUT2D eigenvalue weighted by Crippen LogP contribution is 2.31. The molecule has 2 heterocycles. The molecule has 0 aliphatic rings. The van der Waals surface area contributed by atoms with Gasteiger partial charge in [0.25, 0.3) is 0 Å². The molecule has 6 rings (SSSR count). The van der Waals surface area contributed by atoms with Crippen LogP contribution < -0.4 is 11.5 Å². The molecule has 0 atom stereocenters. The SMILES string of the molecule is Nc1ccc(F)c(-c2nc3ccc(C(=O)c4ccc5nc(-c6cc(N)ccc6F)oc5c4)cc3o2)c1. The van der Waals surface area contributed by atoms with Crippen LogP contribution in [0.15, 0.2) is 81.6 Å². The van der Waals surface area contributed by atoms with Gasteiger partial charge in [-0.25, -0.2) is 18.7 Å². The van der Waals surface area contributed by atoms with E-state index < -0.39 is 11.6 Å². The molecule has 6 aromatic rings. The van der Waals surface area contributed by atoms with Crippen molar-refractivity contribution in [2.75, 3.05) is 11.5 Å². The number of ketones is 1. The van der Waals surface area contributed by atoms with Gasteiger partial charge in [0.1, 0.15) is 22.7 Å². The Bertz CT molecular complexity index is 1690. The van der Waals surface area contributed by atoms with Crippen LogP contribution in [0.5, 0.6) is 0 Å². The number of oxazole rings is 2. The Morgan fingerprint density at radius 2 is 1.08 bits per heavy atom. The summed E-state index contributed by atoms with van der Waals surface area (Å²) in [7, 11) is 0. The van der Waals surface area contributed by atoms with Crippen LogP contribution >= 0.6 is 0 Å². The number of rotatable bonds is 4. The summed E-state index contributed by atoms with van der Waals surface area (Å²) in [5.74, 6) is -1.23. The molecule has 7 nitrogen and oxygen atoms in total. The number of carbonyl (C=O) groups is 1. The van der Waals surface area contributed by atoms with Crippen molar-refractivity contribution in [3.05, 3.63) is 95.6 Å². The van der Waals surface area contributed by atoms with Gasteiger partial charge < -0.3 is 20.3 Å². The average molecular weight is 482 g/mol. The van der Waals surface area contributed by atoms with Gasteiger partial charge in [-0.15, -0.1) is 0 Å². The maximum absolute atomic E-state index is 14.2. The number of benzene rings is 4. The van der Waals surface area contributed by atoms with Crippen LogP contribution in [-0.4, -0.2) is 15.8 Å². The topological polar surface area (TPSA) is 121 Å². The second-order valence-electron chi connectivity index (χ2n) is 8.21. The Labute approximate surface area is 202 Å². The fraction of sp³-hybridized carbons (Fsp3) is 0. The Balaban J connectivity index is 1.35. The van der Waals surface area contributed by atoms with E-state index in [0.717, 1.165) is 0 Å². The number of hydrogen-bond acceptors (Lipinski definition) is 7. The third-order valence-electron chi connectivity index (χ3n) is 5.74. The van der Waals surface area contributed by atoms with Gasteiger partial charge in [0.15, 0.2) is 16.9 Å². The minimum Gasteiger partial charge on any atom is -0.436 e. The zero-order chi connectivity index (χ0) is 25.0. The number of nitrogens with two attached hydrogens (primary N) is 2. The molecular weight excluding hydrogens is 466 g/mol. The quantitative estimate of drug-likeness (QED) is 0.234. The van der Waals surface area contributed by atoms with Crippen molar-refractivity contribution in [1.82, 2.24) is 9.97 Å². The van der Waals surface area contributed by atoms with Crippen LogP contribution in [0.4, 0.5) is 20.2 Å². The van der Waals surface area contributed by atoms with E-state index in [1.807, 2.05) is 0 Å². The molecule has 0 aliphatic carbocycles. The first kappa shape index (κ1) is 21.5. The monoisotopic (exact) mass is 482 g/mol. The van der Waals surface area contributed by atoms with Gasteiger partial charge >= 0.3 is 0 Å². The molecule has 4 N–H and O–H groups in total. The Morgan fingerprint density at radius 1 is 0.639 bits per heavy atom. The lowest BCUT2D eigenvalue weighted by molar-refractivity contribution is 0.103. The van der Waals surface area contributed by atoms with Gasteiger partial charge in [0, 0.05) is 22.5 Å². The molecule has 4 aromatic carbocycles. The number of anilines is 2. The molecule has 0 bridgehead atoms. The van der Waals surface area contributed by atoms with E-state index in [0.29, 0.717) is 44.7 Å². The molecule has 0 spiro atoms. The van der Waals surface area contributed by atoms with E-state index >= 15 is 0 Å². The third-order valence-corrected chi connectivity index (χ3v) is 5.74. The molecule has 0 unspecified atom stereocenters. The van der Waals surface area contributed by atoms with Crippen molar-refractivity contribution in [1.29, 1.82) is 0 Å². The van der Waals surface area contributed by atoms with E-state index in [-0.39, 0.29) is 28.7 Å². The van der Waals surface area contributed by atoms with Crippen LogP contribution in [0.2, 0.25) is 0 Å². The van der Waals surface area contributed by atoms with Crippen LogP contribution in [0.1, 0.15) is 15.9 Å². The molecule has 36 heavy (non-hydrogen) atoms. The minimum absolute atomic E-state index is 0.0591. The van der Waals surface area contributed by atoms with Crippen molar-refractivity contribution in [2.45, 2.75) is 0 Å². The first-order chi connectivity index (χ1) is 17.4. The predicted molar refractivity (Wildman–Crippen MR) is 131 cm³/mol. The summed E-state index contributed by atoms with van der Waals surface area (Å²) in [5.41, 5.74) is 14.7. The first-order valence-electron chi connectivity index (χ1n) is 10.8. The van der Waals surface area contributed by atoms with Crippen LogP contribution in [0.3, 0.4) is 0 Å². The van der Waals surface area contributed by atoms with Crippen molar-refractivity contribution < 1.29 is 22.4 Å². The highest BCUT2D eigenvalue weighted by molar-refractivity contribution is 6.11. The molecule has 0 saturated carbocycles. The van der Waals surface area contributed by atoms with Gasteiger partial charge in [0.2, 0.25) is 11.8 Å². The fourth-order valence-corrected chi connectivity index (χ4v) is 3.94. The number of hydrogen-bond donors (Lipinski definition) is 2. The normalized spacial score (nSPS) is 11.4. The molecule has 0 saturated heterocycles. The highest BCUT2D eigenvalue weighted by Gasteiger charge is 2.18. The van der Waals surface area contributed by atoms with Gasteiger partial charge in [-0.2, -0.15) is 0 Å². The van der Waals surface area contributed by atoms with E-state index in [2.05, 4.69) is 9.97 Å². The Hall–Kier alpha value is -5.05. The number of carbonyl (C=O) groups excluding carboxylic acids is 1. The lowest BCUT2D eigenvalue weighted by atomic mass is 10.0. The zero-order valence-corrected chi connectivity index (χ0v) is 18.5. The van der Waals surface area contributed by atoms with Crippen molar-refractivity contribution in [3.63, 3.8) is 0 Å². The van der Waals surface area contributed by atoms with Gasteiger partial charge in [-0.1, -0.05) is 0 Å². The molecule has 0 amide bonds. The van der Waals surface area contributed by atoms with Gasteiger partial charge in [0.05, 0.1) is 11.1 Å². The number of nitrogens with zero attached hydrogens (tertiary/aromatic N) is 2. The summed E-state index contributed by atoms with van der Waals surface area (Å²) in [6.45, 7) is 0. The largest absolute Gasteiger partial charge is 0.436 e. The summed E-state index contributed by atoms with van der Waals surface area (Å²) in [6.07, 6.45) is 0. The number of nitrogen functional groups attached to an aromatic ring is 2. The maximum Gasteiger partial charge on any atom is 0.230 e. The van der Waals surface area contributed by atoms with E-state index in [9.17, 15) is 13.6 Å². The Morgan fingerprint density at radius 3 is 1.53 bits per heavy atom. The molecular formula is C27H16F2N4O3. The Kier molecular flexibility index (Phi) is 4.78. The second-order valence-corrected chi connectivity index (χ2v) is 8.21. The molecule has 0 aliphatic heterocycles. The van der Waals surface area contributed by atoms with Crippen LogP contribution in [-0.2, 0) is 0 Å². The van der Waals surface area contributed by atoms with Crippen molar-refractivity contribution in [2.24, 2.45) is 0 Å². The summed E-state index contributed by atoms with van der Waals surface area (Å²) >= 11 is 0. The van der Waals surface area contributed by atoms with Crippen LogP contribution in [0.25, 0.3) is 45.1 Å². The maximum atomic E-state index is 14.2. The summed E-state index contributed by atoms with van der Waals surface area (Å²) in [5, 5.41) is 0. The van der Waals surface area contributed by atoms with E-state index in [4.69, 9.17) is 20.3 Å². The van der Waals surface area contributed by atoms with Crippen LogP contribution in [0, 0.1) is 11.6 Å². The standard InChI is InChI=1S/C27H16F2N4O3/c28-19-5-3-15(30)11-17(19)26-32-21-7-1-13(9-23(21)35-26)25(34)14-2-8-22-24(10-14)36-27(33-22)18-12-16(31)4-6-20(18)29/h1-12H,30-31H2. The van der Waals surface area contributed by atoms with Gasteiger partial charge in [-0.05, 0) is 72.8 Å². The predicted octanol–water partition coefficient (Wildman–Crippen LogP) is 5.98. The number of aromatic nitrogens is 2. The average Bonchev–Trinajstić information content (AvgIpc) is 3.49. The minimum atomic E-state index is -0.523. The zero-order valence-electron chi connectivity index (χ0n) is 18.5. The smallest absolute Gasteiger partial charge is 0.230 e. The molecule has 176 valence electrons. The number of halogens is 2. The van der Waals surface area contributed by atoms with E-state index in [1.165, 1.54) is 48.5 Å².